The monoisotopic (exact) mass is 478 g/mol. The maximum Gasteiger partial charge on any atom is 0.323 e. The zero-order valence-electron chi connectivity index (χ0n) is 19.9. The van der Waals surface area contributed by atoms with Gasteiger partial charge in [0.15, 0.2) is 0 Å². The molecule has 0 atom stereocenters. The minimum absolute atomic E-state index is 0.0467. The Bertz CT molecular complexity index is 1140. The summed E-state index contributed by atoms with van der Waals surface area (Å²) in [5, 5.41) is 2.73. The number of rotatable bonds is 4. The first kappa shape index (κ1) is 27.1. The van der Waals surface area contributed by atoms with E-state index in [4.69, 9.17) is 0 Å². The lowest BCUT2D eigenvalue weighted by atomic mass is 10.0. The highest BCUT2D eigenvalue weighted by atomic mass is 19.1. The van der Waals surface area contributed by atoms with Crippen LogP contribution in [0, 0.1) is 11.6 Å². The zero-order chi connectivity index (χ0) is 25.8. The van der Waals surface area contributed by atoms with Crippen LogP contribution in [0.4, 0.5) is 19.4 Å². The molecule has 3 amide bonds. The van der Waals surface area contributed by atoms with Gasteiger partial charge in [-0.25, -0.2) is 18.6 Å². The van der Waals surface area contributed by atoms with Gasteiger partial charge in [0.25, 0.3) is 0 Å². The fourth-order valence-electron chi connectivity index (χ4n) is 3.54. The van der Waals surface area contributed by atoms with Gasteiger partial charge in [-0.2, -0.15) is 0 Å². The number of carbonyl (C=O) groups is 2. The number of hydrogen-bond donors (Lipinski definition) is 1. The Morgan fingerprint density at radius 2 is 1.69 bits per heavy atom. The molecule has 0 aliphatic carbocycles. The van der Waals surface area contributed by atoms with E-state index in [1.165, 1.54) is 18.3 Å². The first-order valence-corrected chi connectivity index (χ1v) is 11.1. The standard InChI is InChI=1S/C21H24F2N4O2.C6H4/c1-3-20(28)27-8-6-18(7-9-27)26(2)21(29)25-19-5-4-14(13-24-19)15-10-16(22)12-17(23)11-15;1-3-5-6-4-2/h4-5,10-13,18H,3,6-9H2,1-2H3,(H,24,25,29);1-2H2. The van der Waals surface area contributed by atoms with Crippen molar-refractivity contribution in [1.82, 2.24) is 14.8 Å². The molecule has 8 heteroatoms. The fourth-order valence-corrected chi connectivity index (χ4v) is 3.54. The third-order valence-corrected chi connectivity index (χ3v) is 5.42. The average Bonchev–Trinajstić information content (AvgIpc) is 2.86. The van der Waals surface area contributed by atoms with Crippen LogP contribution < -0.4 is 5.32 Å². The molecule has 1 aromatic heterocycles. The van der Waals surface area contributed by atoms with Crippen molar-refractivity contribution >= 4 is 17.8 Å². The van der Waals surface area contributed by atoms with Crippen LogP contribution in [-0.4, -0.2) is 52.9 Å². The number of halogens is 2. The van der Waals surface area contributed by atoms with Crippen molar-refractivity contribution in [2.75, 3.05) is 25.5 Å². The molecule has 1 aromatic carbocycles. The Kier molecular flexibility index (Phi) is 10.5. The molecule has 2 aromatic rings. The molecule has 182 valence electrons. The van der Waals surface area contributed by atoms with Gasteiger partial charge in [0.2, 0.25) is 5.91 Å². The topological polar surface area (TPSA) is 65.5 Å². The lowest BCUT2D eigenvalue weighted by molar-refractivity contribution is -0.132. The number of nitrogens with one attached hydrogen (secondary N) is 1. The molecule has 1 aliphatic heterocycles. The Labute approximate surface area is 204 Å². The predicted octanol–water partition coefficient (Wildman–Crippen LogP) is 5.31. The summed E-state index contributed by atoms with van der Waals surface area (Å²) in [6.07, 6.45) is 3.41. The molecule has 0 unspecified atom stereocenters. The first-order valence-electron chi connectivity index (χ1n) is 11.1. The van der Waals surface area contributed by atoms with Crippen molar-refractivity contribution in [2.45, 2.75) is 32.2 Å². The molecule has 1 fully saturated rings. The van der Waals surface area contributed by atoms with E-state index in [1.54, 1.807) is 24.1 Å². The summed E-state index contributed by atoms with van der Waals surface area (Å²) < 4.78 is 26.7. The van der Waals surface area contributed by atoms with Gasteiger partial charge in [-0.15, -0.1) is 0 Å². The van der Waals surface area contributed by atoms with Crippen molar-refractivity contribution < 1.29 is 18.4 Å². The molecular formula is C27H28F2N4O2. The zero-order valence-corrected chi connectivity index (χ0v) is 19.9. The van der Waals surface area contributed by atoms with Crippen LogP contribution in [0.5, 0.6) is 0 Å². The van der Waals surface area contributed by atoms with Gasteiger partial charge >= 0.3 is 6.03 Å². The quantitative estimate of drug-likeness (QED) is 0.606. The summed E-state index contributed by atoms with van der Waals surface area (Å²) in [5.41, 5.74) is 10.5. The van der Waals surface area contributed by atoms with Gasteiger partial charge in [-0.3, -0.25) is 10.1 Å². The van der Waals surface area contributed by atoms with Crippen molar-refractivity contribution in [3.8, 4) is 11.1 Å². The number of hydrogen-bond acceptors (Lipinski definition) is 3. The molecule has 2 heterocycles. The highest BCUT2D eigenvalue weighted by Crippen LogP contribution is 2.22. The predicted molar refractivity (Wildman–Crippen MR) is 132 cm³/mol. The van der Waals surface area contributed by atoms with Crippen LogP contribution in [0.25, 0.3) is 11.1 Å². The second kappa shape index (κ2) is 13.5. The third-order valence-electron chi connectivity index (χ3n) is 5.42. The number of amides is 3. The Hall–Kier alpha value is -4.17. The van der Waals surface area contributed by atoms with E-state index in [1.807, 2.05) is 11.8 Å². The van der Waals surface area contributed by atoms with E-state index >= 15 is 0 Å². The van der Waals surface area contributed by atoms with Crippen LogP contribution in [0.3, 0.4) is 0 Å². The summed E-state index contributed by atoms with van der Waals surface area (Å²) in [5.74, 6) is -0.838. The van der Waals surface area contributed by atoms with Crippen molar-refractivity contribution in [1.29, 1.82) is 0 Å². The summed E-state index contributed by atoms with van der Waals surface area (Å²) >= 11 is 0. The van der Waals surface area contributed by atoms with E-state index in [0.717, 1.165) is 18.9 Å². The summed E-state index contributed by atoms with van der Waals surface area (Å²) in [7, 11) is 1.72. The van der Waals surface area contributed by atoms with Gasteiger partial charge < -0.3 is 9.80 Å². The summed E-state index contributed by atoms with van der Waals surface area (Å²) in [4.78, 5) is 31.9. The van der Waals surface area contributed by atoms with Gasteiger partial charge in [-0.1, -0.05) is 18.4 Å². The molecule has 0 radical (unpaired) electrons. The van der Waals surface area contributed by atoms with E-state index < -0.39 is 11.6 Å². The number of aromatic nitrogens is 1. The number of likely N-dealkylation sites (tertiary alicyclic amines) is 1. The van der Waals surface area contributed by atoms with Crippen molar-refractivity contribution in [3.63, 3.8) is 0 Å². The highest BCUT2D eigenvalue weighted by Gasteiger charge is 2.27. The lowest BCUT2D eigenvalue weighted by Gasteiger charge is -2.36. The van der Waals surface area contributed by atoms with Crippen LogP contribution in [0.2, 0.25) is 0 Å². The third kappa shape index (κ3) is 8.28. The average molecular weight is 479 g/mol. The largest absolute Gasteiger partial charge is 0.343 e. The number of nitrogens with zero attached hydrogens (tertiary/aromatic N) is 3. The lowest BCUT2D eigenvalue weighted by Crippen LogP contribution is -2.48. The molecule has 1 aliphatic rings. The van der Waals surface area contributed by atoms with E-state index in [-0.39, 0.29) is 18.0 Å². The highest BCUT2D eigenvalue weighted by molar-refractivity contribution is 5.88. The van der Waals surface area contributed by atoms with Crippen LogP contribution in [-0.2, 0) is 4.79 Å². The number of pyridine rings is 1. The SMILES string of the molecule is C=C=C=C=C=C.CCC(=O)N1CCC(N(C)C(=O)Nc2ccc(-c3cc(F)cc(F)c3)cn2)CC1. The maximum absolute atomic E-state index is 13.4. The van der Waals surface area contributed by atoms with E-state index in [0.29, 0.717) is 36.5 Å². The van der Waals surface area contributed by atoms with Crippen LogP contribution in [0.15, 0.2) is 72.6 Å². The number of carbonyl (C=O) groups excluding carboxylic acids is 2. The number of urea groups is 1. The number of anilines is 1. The second-order valence-electron chi connectivity index (χ2n) is 7.70. The minimum Gasteiger partial charge on any atom is -0.343 e. The van der Waals surface area contributed by atoms with E-state index in [2.05, 4.69) is 46.4 Å². The molecule has 0 spiro atoms. The molecule has 6 nitrogen and oxygen atoms in total. The molecular weight excluding hydrogens is 450 g/mol. The summed E-state index contributed by atoms with van der Waals surface area (Å²) in [6.45, 7) is 9.60. The normalized spacial score (nSPS) is 12.6. The second-order valence-corrected chi connectivity index (χ2v) is 7.70. The minimum atomic E-state index is -0.661. The van der Waals surface area contributed by atoms with Crippen LogP contribution >= 0.6 is 0 Å². The fraction of sp³-hybridized carbons (Fsp3) is 0.296. The van der Waals surface area contributed by atoms with Crippen LogP contribution in [0.1, 0.15) is 26.2 Å². The number of benzene rings is 1. The van der Waals surface area contributed by atoms with E-state index in [9.17, 15) is 18.4 Å². The molecule has 0 bridgehead atoms. The molecule has 0 saturated carbocycles. The van der Waals surface area contributed by atoms with Gasteiger partial charge in [0.05, 0.1) is 0 Å². The van der Waals surface area contributed by atoms with Gasteiger partial charge in [0.1, 0.15) is 17.5 Å². The van der Waals surface area contributed by atoms with Crippen molar-refractivity contribution in [3.05, 3.63) is 84.2 Å². The molecule has 35 heavy (non-hydrogen) atoms. The summed E-state index contributed by atoms with van der Waals surface area (Å²) in [6, 6.07) is 6.25. The maximum atomic E-state index is 13.4. The van der Waals surface area contributed by atoms with Gasteiger partial charge in [0, 0.05) is 50.4 Å². The van der Waals surface area contributed by atoms with Gasteiger partial charge in [-0.05, 0) is 67.3 Å². The van der Waals surface area contributed by atoms with Crippen molar-refractivity contribution in [2.24, 2.45) is 0 Å². The molecule has 1 N–H and O–H groups in total. The Balaban J connectivity index is 0.000000641. The number of piperidine rings is 1. The smallest absolute Gasteiger partial charge is 0.323 e. The first-order chi connectivity index (χ1) is 16.8. The molecule has 3 rings (SSSR count). The molecule has 1 saturated heterocycles. The Morgan fingerprint density at radius 3 is 2.17 bits per heavy atom. The Morgan fingerprint density at radius 1 is 1.09 bits per heavy atom.